The van der Waals surface area contributed by atoms with E-state index in [0.717, 1.165) is 20.6 Å². The number of nitrogens with one attached hydrogen (secondary N) is 3. The number of carbonyl (C=O) groups excluding carboxylic acids is 3. The maximum Gasteiger partial charge on any atom is 0.272 e. The van der Waals surface area contributed by atoms with Gasteiger partial charge in [0.15, 0.2) is 0 Å². The zero-order valence-electron chi connectivity index (χ0n) is 23.6. The van der Waals surface area contributed by atoms with Crippen LogP contribution in [0.1, 0.15) is 48.2 Å². The van der Waals surface area contributed by atoms with Crippen molar-refractivity contribution in [3.8, 4) is 0 Å². The molecule has 214 valence electrons. The lowest BCUT2D eigenvalue weighted by molar-refractivity contribution is -0.115. The number of hydrogen-bond acceptors (Lipinski definition) is 4. The molecule has 8 heteroatoms. The van der Waals surface area contributed by atoms with Crippen molar-refractivity contribution in [2.75, 3.05) is 10.6 Å². The maximum atomic E-state index is 13.4. The fraction of sp³-hybridized carbons (Fsp3) is 0.147. The summed E-state index contributed by atoms with van der Waals surface area (Å²) in [7, 11) is 0. The second-order valence-electron chi connectivity index (χ2n) is 9.94. The standard InChI is InChI=1S/C34H32BrN3O3S/c1-22(2)25-14-18-28(19-15-25)36-32(39)23(3)42-30-11-7-10-29(21-30)37-34(41)31(20-24-12-16-27(35)17-13-24)38-33(40)26-8-5-4-6-9-26/h4-23H,1-3H3,(H,36,39)(H,37,41)(H,38,40)/b31-20-. The van der Waals surface area contributed by atoms with Crippen LogP contribution in [0, 0.1) is 0 Å². The van der Waals surface area contributed by atoms with Gasteiger partial charge in [0.25, 0.3) is 11.8 Å². The highest BCUT2D eigenvalue weighted by molar-refractivity contribution is 9.10. The molecule has 0 spiro atoms. The first-order valence-electron chi connectivity index (χ1n) is 13.5. The average Bonchev–Trinajstić information content (AvgIpc) is 2.98. The number of benzene rings is 4. The van der Waals surface area contributed by atoms with Gasteiger partial charge < -0.3 is 16.0 Å². The largest absolute Gasteiger partial charge is 0.325 e. The summed E-state index contributed by atoms with van der Waals surface area (Å²) < 4.78 is 0.903. The molecule has 3 N–H and O–H groups in total. The predicted octanol–water partition coefficient (Wildman–Crippen LogP) is 8.10. The number of halogens is 1. The third-order valence-electron chi connectivity index (χ3n) is 6.33. The zero-order valence-corrected chi connectivity index (χ0v) is 26.0. The molecule has 42 heavy (non-hydrogen) atoms. The van der Waals surface area contributed by atoms with E-state index in [1.165, 1.54) is 17.3 Å². The van der Waals surface area contributed by atoms with E-state index in [1.807, 2.05) is 73.7 Å². The number of hydrogen-bond donors (Lipinski definition) is 3. The highest BCUT2D eigenvalue weighted by atomic mass is 79.9. The van der Waals surface area contributed by atoms with Gasteiger partial charge in [-0.25, -0.2) is 0 Å². The Balaban J connectivity index is 1.45. The van der Waals surface area contributed by atoms with Gasteiger partial charge in [0.2, 0.25) is 5.91 Å². The van der Waals surface area contributed by atoms with Crippen LogP contribution in [-0.2, 0) is 9.59 Å². The lowest BCUT2D eigenvalue weighted by atomic mass is 10.0. The van der Waals surface area contributed by atoms with Crippen LogP contribution in [0.2, 0.25) is 0 Å². The van der Waals surface area contributed by atoms with Crippen molar-refractivity contribution in [1.82, 2.24) is 5.32 Å². The molecule has 0 aliphatic heterocycles. The highest BCUT2D eigenvalue weighted by Crippen LogP contribution is 2.27. The Hall–Kier alpha value is -4.14. The summed E-state index contributed by atoms with van der Waals surface area (Å²) in [6.45, 7) is 6.10. The molecule has 0 saturated carbocycles. The lowest BCUT2D eigenvalue weighted by Crippen LogP contribution is -2.30. The van der Waals surface area contributed by atoms with Crippen LogP contribution in [0.5, 0.6) is 0 Å². The quantitative estimate of drug-likeness (QED) is 0.121. The smallest absolute Gasteiger partial charge is 0.272 e. The van der Waals surface area contributed by atoms with Gasteiger partial charge in [0.1, 0.15) is 5.70 Å². The normalized spacial score (nSPS) is 12.0. The fourth-order valence-corrected chi connectivity index (χ4v) is 5.16. The molecule has 0 aliphatic rings. The van der Waals surface area contributed by atoms with Crippen molar-refractivity contribution >= 4 is 62.9 Å². The Morgan fingerprint density at radius 3 is 2.12 bits per heavy atom. The Bertz CT molecular complexity index is 1570. The molecule has 0 bridgehead atoms. The first-order chi connectivity index (χ1) is 20.2. The Kier molecular flexibility index (Phi) is 10.8. The molecule has 1 unspecified atom stereocenters. The molecule has 0 aliphatic carbocycles. The summed E-state index contributed by atoms with van der Waals surface area (Å²) in [5, 5.41) is 8.23. The summed E-state index contributed by atoms with van der Waals surface area (Å²) in [5.41, 5.74) is 3.79. The van der Waals surface area contributed by atoms with Crippen LogP contribution in [0.25, 0.3) is 6.08 Å². The number of amides is 3. The fourth-order valence-electron chi connectivity index (χ4n) is 3.97. The van der Waals surface area contributed by atoms with Crippen LogP contribution in [-0.4, -0.2) is 23.0 Å². The molecule has 6 nitrogen and oxygen atoms in total. The van der Waals surface area contributed by atoms with Crippen molar-refractivity contribution in [2.24, 2.45) is 0 Å². The van der Waals surface area contributed by atoms with E-state index in [2.05, 4.69) is 45.7 Å². The third-order valence-corrected chi connectivity index (χ3v) is 7.95. The first kappa shape index (κ1) is 30.8. The van der Waals surface area contributed by atoms with E-state index < -0.39 is 11.8 Å². The predicted molar refractivity (Wildman–Crippen MR) is 176 cm³/mol. The van der Waals surface area contributed by atoms with Crippen LogP contribution >= 0.6 is 27.7 Å². The molecular formula is C34H32BrN3O3S. The molecule has 4 aromatic carbocycles. The van der Waals surface area contributed by atoms with Gasteiger partial charge in [-0.3, -0.25) is 14.4 Å². The first-order valence-corrected chi connectivity index (χ1v) is 15.2. The van der Waals surface area contributed by atoms with Crippen LogP contribution in [0.15, 0.2) is 118 Å². The van der Waals surface area contributed by atoms with Gasteiger partial charge in [0, 0.05) is 26.3 Å². The Morgan fingerprint density at radius 2 is 1.45 bits per heavy atom. The second-order valence-corrected chi connectivity index (χ2v) is 12.3. The number of carbonyl (C=O) groups is 3. The topological polar surface area (TPSA) is 87.3 Å². The van der Waals surface area contributed by atoms with E-state index in [9.17, 15) is 14.4 Å². The minimum Gasteiger partial charge on any atom is -0.325 e. The Morgan fingerprint density at radius 1 is 0.762 bits per heavy atom. The van der Waals surface area contributed by atoms with Crippen molar-refractivity contribution in [3.63, 3.8) is 0 Å². The summed E-state index contributed by atoms with van der Waals surface area (Å²) in [4.78, 5) is 39.9. The van der Waals surface area contributed by atoms with Crippen molar-refractivity contribution in [3.05, 3.63) is 130 Å². The number of rotatable bonds is 10. The molecular weight excluding hydrogens is 610 g/mol. The molecule has 4 aromatic rings. The Labute approximate surface area is 259 Å². The van der Waals surface area contributed by atoms with E-state index in [0.29, 0.717) is 17.2 Å². The molecule has 3 amide bonds. The average molecular weight is 643 g/mol. The third kappa shape index (κ3) is 8.93. The lowest BCUT2D eigenvalue weighted by Gasteiger charge is -2.14. The van der Waals surface area contributed by atoms with Gasteiger partial charge in [-0.05, 0) is 84.6 Å². The van der Waals surface area contributed by atoms with Gasteiger partial charge in [0.05, 0.1) is 5.25 Å². The summed E-state index contributed by atoms with van der Waals surface area (Å²) in [5.74, 6) is -0.559. The summed E-state index contributed by atoms with van der Waals surface area (Å²) in [6.07, 6.45) is 1.63. The van der Waals surface area contributed by atoms with Gasteiger partial charge in [-0.2, -0.15) is 0 Å². The minimum atomic E-state index is -0.472. The molecule has 0 fully saturated rings. The van der Waals surface area contributed by atoms with Crippen molar-refractivity contribution < 1.29 is 14.4 Å². The van der Waals surface area contributed by atoms with E-state index in [4.69, 9.17) is 0 Å². The molecule has 4 rings (SSSR count). The van der Waals surface area contributed by atoms with E-state index in [-0.39, 0.29) is 16.9 Å². The summed E-state index contributed by atoms with van der Waals surface area (Å²) in [6, 6.07) is 31.3. The van der Waals surface area contributed by atoms with Crippen LogP contribution < -0.4 is 16.0 Å². The molecule has 1 atom stereocenters. The maximum absolute atomic E-state index is 13.4. The van der Waals surface area contributed by atoms with Gasteiger partial charge in [-0.15, -0.1) is 11.8 Å². The SMILES string of the molecule is CC(Sc1cccc(NC(=O)/C(=C/c2ccc(Br)cc2)NC(=O)c2ccccc2)c1)C(=O)Nc1ccc(C(C)C)cc1. The van der Waals surface area contributed by atoms with Crippen LogP contribution in [0.4, 0.5) is 11.4 Å². The number of anilines is 2. The zero-order chi connectivity index (χ0) is 30.1. The van der Waals surface area contributed by atoms with Gasteiger partial charge in [-0.1, -0.05) is 78.3 Å². The second kappa shape index (κ2) is 14.7. The molecule has 0 saturated heterocycles. The van der Waals surface area contributed by atoms with Gasteiger partial charge >= 0.3 is 0 Å². The molecule has 0 heterocycles. The van der Waals surface area contributed by atoms with E-state index >= 15 is 0 Å². The highest BCUT2D eigenvalue weighted by Gasteiger charge is 2.17. The van der Waals surface area contributed by atoms with Crippen molar-refractivity contribution in [2.45, 2.75) is 36.8 Å². The minimum absolute atomic E-state index is 0.0977. The summed E-state index contributed by atoms with van der Waals surface area (Å²) >= 11 is 4.80. The number of thioether (sulfide) groups is 1. The molecule has 0 aromatic heterocycles. The van der Waals surface area contributed by atoms with Crippen LogP contribution in [0.3, 0.4) is 0 Å². The van der Waals surface area contributed by atoms with Crippen molar-refractivity contribution in [1.29, 1.82) is 0 Å². The monoisotopic (exact) mass is 641 g/mol. The van der Waals surface area contributed by atoms with E-state index in [1.54, 1.807) is 42.5 Å². The molecule has 0 radical (unpaired) electrons.